The molecule has 3 aliphatic rings. The Hall–Kier alpha value is -1.86. The van der Waals surface area contributed by atoms with Crippen molar-refractivity contribution in [2.75, 3.05) is 6.54 Å². The van der Waals surface area contributed by atoms with Crippen molar-refractivity contribution in [2.24, 2.45) is 17.3 Å². The van der Waals surface area contributed by atoms with E-state index in [0.717, 1.165) is 45.1 Å². The average Bonchev–Trinajstić information content (AvgIpc) is 2.93. The molecule has 0 saturated carbocycles. The van der Waals surface area contributed by atoms with E-state index in [2.05, 4.69) is 75.7 Å². The fourth-order valence-electron chi connectivity index (χ4n) is 4.69. The number of aliphatic hydroxyl groups is 1. The van der Waals surface area contributed by atoms with E-state index < -0.39 is 6.23 Å². The highest BCUT2D eigenvalue weighted by atomic mass is 16.3. The number of nitrogens with one attached hydrogen (secondary N) is 1. The van der Waals surface area contributed by atoms with Gasteiger partial charge >= 0.3 is 0 Å². The van der Waals surface area contributed by atoms with Gasteiger partial charge < -0.3 is 5.11 Å². The number of hydrogen-bond donors (Lipinski definition) is 2. The Kier molecular flexibility index (Phi) is 7.58. The van der Waals surface area contributed by atoms with E-state index in [1.54, 1.807) is 0 Å². The van der Waals surface area contributed by atoms with Crippen LogP contribution < -0.4 is 5.32 Å². The summed E-state index contributed by atoms with van der Waals surface area (Å²) >= 11 is 0. The second-order valence-electron chi connectivity index (χ2n) is 9.79. The largest absolute Gasteiger partial charge is 0.379 e. The van der Waals surface area contributed by atoms with Gasteiger partial charge in [-0.3, -0.25) is 5.32 Å². The molecule has 0 fully saturated rings. The maximum absolute atomic E-state index is 10.3. The van der Waals surface area contributed by atoms with Crippen LogP contribution in [0.1, 0.15) is 67.6 Å². The topological polar surface area (TPSA) is 32.3 Å². The third-order valence-corrected chi connectivity index (χ3v) is 7.05. The number of unbranched alkanes of at least 4 members (excludes halogenated alkanes) is 1. The van der Waals surface area contributed by atoms with E-state index in [4.69, 9.17) is 0 Å². The van der Waals surface area contributed by atoms with Gasteiger partial charge in [0.15, 0.2) is 0 Å². The first-order chi connectivity index (χ1) is 14.4. The molecule has 0 bridgehead atoms. The van der Waals surface area contributed by atoms with Crippen LogP contribution in [0.3, 0.4) is 0 Å². The molecule has 2 N–H and O–H groups in total. The van der Waals surface area contributed by atoms with Crippen LogP contribution in [-0.4, -0.2) is 17.9 Å². The van der Waals surface area contributed by atoms with Crippen LogP contribution in [0.5, 0.6) is 0 Å². The van der Waals surface area contributed by atoms with Gasteiger partial charge in [-0.2, -0.15) is 0 Å². The first-order valence-electron chi connectivity index (χ1n) is 11.6. The third kappa shape index (κ3) is 5.24. The lowest BCUT2D eigenvalue weighted by Gasteiger charge is -2.37. The summed E-state index contributed by atoms with van der Waals surface area (Å²) in [5, 5.41) is 13.6. The van der Waals surface area contributed by atoms with E-state index in [0.29, 0.717) is 11.8 Å². The lowest BCUT2D eigenvalue weighted by Crippen LogP contribution is -2.36. The molecule has 0 amide bonds. The van der Waals surface area contributed by atoms with Crippen molar-refractivity contribution in [3.05, 3.63) is 76.6 Å². The molecule has 3 aliphatic carbocycles. The van der Waals surface area contributed by atoms with Crippen LogP contribution in [0.15, 0.2) is 76.6 Å². The fourth-order valence-corrected chi connectivity index (χ4v) is 4.69. The van der Waals surface area contributed by atoms with E-state index in [1.165, 1.54) is 27.9 Å². The summed E-state index contributed by atoms with van der Waals surface area (Å²) in [5.74, 6) is 0.915. The van der Waals surface area contributed by atoms with Gasteiger partial charge in [-0.05, 0) is 96.8 Å². The summed E-state index contributed by atoms with van der Waals surface area (Å²) in [6, 6.07) is 0. The minimum Gasteiger partial charge on any atom is -0.379 e. The molecule has 30 heavy (non-hydrogen) atoms. The number of rotatable bonds is 10. The monoisotopic (exact) mass is 407 g/mol. The Morgan fingerprint density at radius 1 is 1.37 bits per heavy atom. The maximum atomic E-state index is 10.3. The normalized spacial score (nSPS) is 24.0. The van der Waals surface area contributed by atoms with Gasteiger partial charge in [0, 0.05) is 13.9 Å². The fraction of sp³-hybridized carbons (Fsp3) is 0.536. The third-order valence-electron chi connectivity index (χ3n) is 7.05. The van der Waals surface area contributed by atoms with Gasteiger partial charge in [0.05, 0.1) is 0 Å². The molecule has 0 heterocycles. The van der Waals surface area contributed by atoms with Gasteiger partial charge in [0.25, 0.3) is 0 Å². The number of hydrogen-bond acceptors (Lipinski definition) is 2. The number of allylic oxidation sites excluding steroid dienone is 10. The van der Waals surface area contributed by atoms with E-state index in [-0.39, 0.29) is 6.84 Å². The maximum Gasteiger partial charge on any atom is 0.104 e. The molecule has 0 aliphatic heterocycles. The SMILES string of the molecule is C=CC1=C2C(C)=CC=C3C(CCCCC(O)NCC(C)(C)CC)=CCC(C=C=C1)C32.[HH]. The molecule has 0 aromatic rings. The predicted octanol–water partition coefficient (Wildman–Crippen LogP) is 6.79. The zero-order valence-electron chi connectivity index (χ0n) is 19.3. The van der Waals surface area contributed by atoms with Gasteiger partial charge in [0.2, 0.25) is 0 Å². The molecule has 2 heteroatoms. The van der Waals surface area contributed by atoms with Crippen molar-refractivity contribution in [1.82, 2.24) is 5.32 Å². The van der Waals surface area contributed by atoms with E-state index >= 15 is 0 Å². The van der Waals surface area contributed by atoms with Crippen LogP contribution in [0.25, 0.3) is 0 Å². The highest BCUT2D eigenvalue weighted by Gasteiger charge is 2.35. The molecule has 3 unspecified atom stereocenters. The molecule has 0 spiro atoms. The van der Waals surface area contributed by atoms with Gasteiger partial charge in [-0.25, -0.2) is 0 Å². The molecule has 3 atom stereocenters. The van der Waals surface area contributed by atoms with Crippen LogP contribution >= 0.6 is 0 Å². The van der Waals surface area contributed by atoms with Crippen LogP contribution in [0.4, 0.5) is 0 Å². The van der Waals surface area contributed by atoms with Gasteiger partial charge in [-0.15, -0.1) is 5.73 Å². The summed E-state index contributed by atoms with van der Waals surface area (Å²) in [6.45, 7) is 13.8. The predicted molar refractivity (Wildman–Crippen MR) is 130 cm³/mol. The Bertz CT molecular complexity index is 848. The molecule has 0 radical (unpaired) electrons. The summed E-state index contributed by atoms with van der Waals surface area (Å²) < 4.78 is 0. The van der Waals surface area contributed by atoms with Crippen molar-refractivity contribution < 1.29 is 6.53 Å². The van der Waals surface area contributed by atoms with Crippen molar-refractivity contribution in [3.63, 3.8) is 0 Å². The Labute approximate surface area is 185 Å². The van der Waals surface area contributed by atoms with Crippen molar-refractivity contribution in [3.8, 4) is 0 Å². The second-order valence-corrected chi connectivity index (χ2v) is 9.79. The standard InChI is InChI=1S/C28H39NO.H2/c1-6-21-12-10-13-23-17-16-22(24-18-15-20(3)26(21)27(23)24)11-8-9-14-25(30)29-19-28(4,5)7-2;/h6,12-13,15-16,18,23,25,27,29-30H,1,7-9,11,14,17,19H2,2-5H3;1H. The average molecular weight is 408 g/mol. The van der Waals surface area contributed by atoms with E-state index in [1.807, 2.05) is 6.08 Å². The smallest absolute Gasteiger partial charge is 0.104 e. The lowest BCUT2D eigenvalue weighted by molar-refractivity contribution is 0.109. The Morgan fingerprint density at radius 3 is 2.90 bits per heavy atom. The van der Waals surface area contributed by atoms with Crippen molar-refractivity contribution in [2.45, 2.75) is 72.4 Å². The summed E-state index contributed by atoms with van der Waals surface area (Å²) in [7, 11) is 0. The zero-order chi connectivity index (χ0) is 21.7. The summed E-state index contributed by atoms with van der Waals surface area (Å²) in [4.78, 5) is 0. The quantitative estimate of drug-likeness (QED) is 0.237. The first kappa shape index (κ1) is 22.8. The molecular weight excluding hydrogens is 366 g/mol. The van der Waals surface area contributed by atoms with Crippen LogP contribution in [0, 0.1) is 17.3 Å². The van der Waals surface area contributed by atoms with Gasteiger partial charge in [0.1, 0.15) is 6.23 Å². The Balaban J connectivity index is 0.00000341. The number of aliphatic hydroxyl groups excluding tert-OH is 1. The van der Waals surface area contributed by atoms with Gasteiger partial charge in [-0.1, -0.05) is 51.7 Å². The minimum atomic E-state index is -0.400. The Morgan fingerprint density at radius 2 is 2.17 bits per heavy atom. The minimum absolute atomic E-state index is 0. The summed E-state index contributed by atoms with van der Waals surface area (Å²) in [6.07, 6.45) is 19.2. The summed E-state index contributed by atoms with van der Waals surface area (Å²) in [5.41, 5.74) is 10.6. The zero-order valence-corrected chi connectivity index (χ0v) is 19.3. The molecule has 0 aromatic carbocycles. The highest BCUT2D eigenvalue weighted by Crippen LogP contribution is 2.47. The molecule has 2 nitrogen and oxygen atoms in total. The highest BCUT2D eigenvalue weighted by molar-refractivity contribution is 5.58. The lowest BCUT2D eigenvalue weighted by atomic mass is 9.67. The molecule has 164 valence electrons. The molecular formula is C28H41NO. The van der Waals surface area contributed by atoms with Crippen molar-refractivity contribution >= 4 is 0 Å². The van der Waals surface area contributed by atoms with E-state index in [9.17, 15) is 5.11 Å². The van der Waals surface area contributed by atoms with Crippen LogP contribution in [0.2, 0.25) is 0 Å². The molecule has 0 saturated heterocycles. The second kappa shape index (κ2) is 9.96. The molecule has 0 aromatic heterocycles. The first-order valence-corrected chi connectivity index (χ1v) is 11.6. The van der Waals surface area contributed by atoms with Crippen molar-refractivity contribution in [1.29, 1.82) is 0 Å². The van der Waals surface area contributed by atoms with Crippen LogP contribution in [-0.2, 0) is 0 Å². The molecule has 3 rings (SSSR count).